The third kappa shape index (κ3) is 4.27. The van der Waals surface area contributed by atoms with E-state index in [1.54, 1.807) is 30.1 Å². The van der Waals surface area contributed by atoms with Crippen LogP contribution in [0.1, 0.15) is 45.5 Å². The van der Waals surface area contributed by atoms with E-state index in [9.17, 15) is 9.59 Å². The molecule has 1 aliphatic carbocycles. The number of amides is 2. The monoisotopic (exact) mass is 336 g/mol. The van der Waals surface area contributed by atoms with Crippen LogP contribution >= 0.6 is 0 Å². The van der Waals surface area contributed by atoms with Crippen LogP contribution in [0.2, 0.25) is 0 Å². The lowest BCUT2D eigenvalue weighted by atomic mass is 9.90. The minimum atomic E-state index is -0.454. The Morgan fingerprint density at radius 2 is 1.76 bits per heavy atom. The fourth-order valence-corrected chi connectivity index (χ4v) is 3.39. The van der Waals surface area contributed by atoms with Crippen molar-refractivity contribution >= 4 is 11.8 Å². The van der Waals surface area contributed by atoms with Gasteiger partial charge in [-0.1, -0.05) is 30.3 Å². The maximum atomic E-state index is 12.5. The molecule has 25 heavy (non-hydrogen) atoms. The van der Waals surface area contributed by atoms with Gasteiger partial charge < -0.3 is 10.6 Å². The molecule has 130 valence electrons. The maximum Gasteiger partial charge on any atom is 0.248 e. The number of aryl methyl sites for hydroxylation is 2. The van der Waals surface area contributed by atoms with Gasteiger partial charge >= 0.3 is 0 Å². The molecule has 2 amide bonds. The third-order valence-electron chi connectivity index (χ3n) is 4.83. The van der Waals surface area contributed by atoms with Crippen molar-refractivity contribution in [1.29, 1.82) is 0 Å². The molecule has 0 bridgehead atoms. The van der Waals surface area contributed by atoms with Gasteiger partial charge in [0.05, 0.1) is 6.42 Å². The molecule has 2 N–H and O–H groups in total. The fourth-order valence-electron chi connectivity index (χ4n) is 3.39. The Balaban J connectivity index is 1.64. The summed E-state index contributed by atoms with van der Waals surface area (Å²) in [6.07, 6.45) is 5.17. The first-order chi connectivity index (χ1) is 12.0. The number of benzene rings is 2. The molecule has 0 spiro atoms. The Bertz CT molecular complexity index is 798. The summed E-state index contributed by atoms with van der Waals surface area (Å²) < 4.78 is 0. The lowest BCUT2D eigenvalue weighted by Gasteiger charge is -2.19. The van der Waals surface area contributed by atoms with Crippen LogP contribution in [0.15, 0.2) is 42.5 Å². The quantitative estimate of drug-likeness (QED) is 0.912. The number of rotatable bonds is 5. The summed E-state index contributed by atoms with van der Waals surface area (Å²) in [5.41, 5.74) is 10.6. The molecule has 0 radical (unpaired) electrons. The van der Waals surface area contributed by atoms with Crippen LogP contribution in [0.5, 0.6) is 0 Å². The summed E-state index contributed by atoms with van der Waals surface area (Å²) in [6.45, 7) is 0.463. The van der Waals surface area contributed by atoms with Gasteiger partial charge in [-0.05, 0) is 60.1 Å². The SMILES string of the molecule is CN(Cc1cccc(C(N)=O)c1)C(=O)Cc1ccc2c(c1)CCCC2. The second kappa shape index (κ2) is 7.51. The lowest BCUT2D eigenvalue weighted by molar-refractivity contribution is -0.129. The van der Waals surface area contributed by atoms with Gasteiger partial charge in [0.1, 0.15) is 0 Å². The van der Waals surface area contributed by atoms with Crippen molar-refractivity contribution < 1.29 is 9.59 Å². The van der Waals surface area contributed by atoms with E-state index in [0.717, 1.165) is 24.0 Å². The molecule has 0 heterocycles. The van der Waals surface area contributed by atoms with E-state index < -0.39 is 5.91 Å². The summed E-state index contributed by atoms with van der Waals surface area (Å²) in [7, 11) is 1.79. The number of nitrogens with two attached hydrogens (primary N) is 1. The van der Waals surface area contributed by atoms with Crippen molar-refractivity contribution in [2.75, 3.05) is 7.05 Å². The first-order valence-electron chi connectivity index (χ1n) is 8.76. The number of carbonyl (C=O) groups excluding carboxylic acids is 2. The number of fused-ring (bicyclic) bond motifs is 1. The van der Waals surface area contributed by atoms with E-state index in [4.69, 9.17) is 5.73 Å². The van der Waals surface area contributed by atoms with Gasteiger partial charge in [-0.2, -0.15) is 0 Å². The van der Waals surface area contributed by atoms with Gasteiger partial charge in [0.2, 0.25) is 11.8 Å². The van der Waals surface area contributed by atoms with E-state index in [-0.39, 0.29) is 5.91 Å². The van der Waals surface area contributed by atoms with Gasteiger partial charge in [0, 0.05) is 19.2 Å². The predicted octanol–water partition coefficient (Wildman–Crippen LogP) is 2.87. The molecule has 0 saturated carbocycles. The van der Waals surface area contributed by atoms with Crippen LogP contribution < -0.4 is 5.73 Å². The number of nitrogens with zero attached hydrogens (tertiary/aromatic N) is 1. The molecule has 0 saturated heterocycles. The van der Waals surface area contributed by atoms with Gasteiger partial charge in [-0.25, -0.2) is 0 Å². The van der Waals surface area contributed by atoms with Crippen molar-refractivity contribution in [3.8, 4) is 0 Å². The molecule has 0 atom stereocenters. The molecule has 1 aliphatic rings. The van der Waals surface area contributed by atoms with Crippen molar-refractivity contribution in [1.82, 2.24) is 4.90 Å². The third-order valence-corrected chi connectivity index (χ3v) is 4.83. The molecule has 0 unspecified atom stereocenters. The van der Waals surface area contributed by atoms with Crippen LogP contribution in [-0.4, -0.2) is 23.8 Å². The zero-order chi connectivity index (χ0) is 17.8. The fraction of sp³-hybridized carbons (Fsp3) is 0.333. The van der Waals surface area contributed by atoms with Gasteiger partial charge in [-0.15, -0.1) is 0 Å². The van der Waals surface area contributed by atoms with Crippen molar-refractivity contribution in [3.63, 3.8) is 0 Å². The molecular formula is C21H24N2O2. The average Bonchev–Trinajstić information content (AvgIpc) is 2.61. The Morgan fingerprint density at radius 3 is 2.52 bits per heavy atom. The topological polar surface area (TPSA) is 63.4 Å². The van der Waals surface area contributed by atoms with Crippen molar-refractivity contribution in [2.45, 2.75) is 38.6 Å². The van der Waals surface area contributed by atoms with Crippen LogP contribution in [0, 0.1) is 0 Å². The molecule has 0 aliphatic heterocycles. The summed E-state index contributed by atoms with van der Waals surface area (Å²) in [5.74, 6) is -0.384. The van der Waals surface area contributed by atoms with Gasteiger partial charge in [0.15, 0.2) is 0 Å². The van der Waals surface area contributed by atoms with E-state index in [2.05, 4.69) is 18.2 Å². The van der Waals surface area contributed by atoms with Crippen molar-refractivity contribution in [2.24, 2.45) is 5.73 Å². The minimum Gasteiger partial charge on any atom is -0.366 e. The Kier molecular flexibility index (Phi) is 5.17. The first-order valence-corrected chi connectivity index (χ1v) is 8.76. The van der Waals surface area contributed by atoms with Crippen LogP contribution in [0.3, 0.4) is 0 Å². The Labute approximate surface area is 148 Å². The number of carbonyl (C=O) groups is 2. The molecule has 4 nitrogen and oxygen atoms in total. The summed E-state index contributed by atoms with van der Waals surface area (Å²) in [5, 5.41) is 0. The van der Waals surface area contributed by atoms with E-state index >= 15 is 0 Å². The smallest absolute Gasteiger partial charge is 0.248 e. The van der Waals surface area contributed by atoms with Gasteiger partial charge in [0.25, 0.3) is 0 Å². The van der Waals surface area contributed by atoms with Gasteiger partial charge in [-0.3, -0.25) is 9.59 Å². The highest BCUT2D eigenvalue weighted by Gasteiger charge is 2.14. The van der Waals surface area contributed by atoms with Crippen molar-refractivity contribution in [3.05, 3.63) is 70.3 Å². The zero-order valence-electron chi connectivity index (χ0n) is 14.6. The first kappa shape index (κ1) is 17.2. The largest absolute Gasteiger partial charge is 0.366 e. The maximum absolute atomic E-state index is 12.5. The standard InChI is InChI=1S/C21H24N2O2/c1-23(14-16-5-4-8-19(12-16)21(22)25)20(24)13-15-9-10-17-6-2-3-7-18(17)11-15/h4-5,8-12H,2-3,6-7,13-14H2,1H3,(H2,22,25). The molecular weight excluding hydrogens is 312 g/mol. The number of hydrogen-bond donors (Lipinski definition) is 1. The molecule has 2 aromatic carbocycles. The molecule has 0 fully saturated rings. The normalized spacial score (nSPS) is 13.2. The summed E-state index contributed by atoms with van der Waals surface area (Å²) >= 11 is 0. The van der Waals surface area contributed by atoms with E-state index in [0.29, 0.717) is 18.5 Å². The number of likely N-dealkylation sites (N-methyl/N-ethyl adjacent to an activating group) is 1. The Hall–Kier alpha value is -2.62. The Morgan fingerprint density at radius 1 is 1.00 bits per heavy atom. The number of hydrogen-bond acceptors (Lipinski definition) is 2. The highest BCUT2D eigenvalue weighted by atomic mass is 16.2. The highest BCUT2D eigenvalue weighted by molar-refractivity contribution is 5.92. The van der Waals surface area contributed by atoms with E-state index in [1.807, 2.05) is 6.07 Å². The minimum absolute atomic E-state index is 0.0697. The zero-order valence-corrected chi connectivity index (χ0v) is 14.6. The average molecular weight is 336 g/mol. The summed E-state index contributed by atoms with van der Waals surface area (Å²) in [4.78, 5) is 25.5. The summed E-state index contributed by atoms with van der Waals surface area (Å²) in [6, 6.07) is 13.5. The van der Waals surface area contributed by atoms with E-state index in [1.165, 1.54) is 24.0 Å². The number of primary amides is 1. The highest BCUT2D eigenvalue weighted by Crippen LogP contribution is 2.22. The van der Waals surface area contributed by atoms with Crippen LogP contribution in [0.25, 0.3) is 0 Å². The van der Waals surface area contributed by atoms with Crippen LogP contribution in [0.4, 0.5) is 0 Å². The molecule has 2 aromatic rings. The second-order valence-electron chi connectivity index (χ2n) is 6.80. The van der Waals surface area contributed by atoms with Crippen LogP contribution in [-0.2, 0) is 30.6 Å². The molecule has 3 rings (SSSR count). The predicted molar refractivity (Wildman–Crippen MR) is 98.2 cm³/mol. The lowest BCUT2D eigenvalue weighted by Crippen LogP contribution is -2.28. The second-order valence-corrected chi connectivity index (χ2v) is 6.80. The molecule has 0 aromatic heterocycles. The molecule has 4 heteroatoms.